The van der Waals surface area contributed by atoms with Crippen molar-refractivity contribution in [3.63, 3.8) is 0 Å². The lowest BCUT2D eigenvalue weighted by Gasteiger charge is -2.12. The molecule has 0 aromatic carbocycles. The molecule has 1 saturated carbocycles. The molecule has 2 atom stereocenters. The monoisotopic (exact) mass is 282 g/mol. The van der Waals surface area contributed by atoms with Crippen LogP contribution in [-0.2, 0) is 9.59 Å². The second-order valence-corrected chi connectivity index (χ2v) is 5.38. The van der Waals surface area contributed by atoms with E-state index in [2.05, 4.69) is 28.5 Å². The van der Waals surface area contributed by atoms with E-state index in [0.717, 1.165) is 18.4 Å². The number of hydrogen-bond donors (Lipinski definition) is 1. The molecule has 3 rings (SSSR count). The first kappa shape index (κ1) is 13.4. The molecule has 2 heterocycles. The highest BCUT2D eigenvalue weighted by Gasteiger charge is 2.39. The highest BCUT2D eigenvalue weighted by atomic mass is 16.2. The van der Waals surface area contributed by atoms with E-state index >= 15 is 0 Å². The van der Waals surface area contributed by atoms with E-state index in [9.17, 15) is 9.59 Å². The van der Waals surface area contributed by atoms with Gasteiger partial charge in [0.05, 0.1) is 17.7 Å². The van der Waals surface area contributed by atoms with Crippen molar-refractivity contribution in [2.75, 3.05) is 0 Å². The van der Waals surface area contributed by atoms with Gasteiger partial charge >= 0.3 is 0 Å². The van der Waals surface area contributed by atoms with Crippen LogP contribution in [-0.4, -0.2) is 21.9 Å². The summed E-state index contributed by atoms with van der Waals surface area (Å²) in [7, 11) is 0. The van der Waals surface area contributed by atoms with Crippen molar-refractivity contribution in [2.45, 2.75) is 32.1 Å². The van der Waals surface area contributed by atoms with Gasteiger partial charge in [-0.2, -0.15) is 5.26 Å². The molecule has 0 spiro atoms. The SMILES string of the molecule is CC[C@H]1C[C@@H]1c1cc(C2=CNC(=O)CC2=O)nnc1C#N. The normalized spacial score (nSPS) is 24.1. The first-order valence-corrected chi connectivity index (χ1v) is 6.94. The standard InChI is InChI=1S/C15H14N4O2/c1-2-8-3-9(8)10-4-12(18-19-13(10)6-16)11-7-17-15(21)5-14(11)20/h4,7-9H,2-3,5H2,1H3,(H,17,21)/t8-,9-/m0/s1. The van der Waals surface area contributed by atoms with Gasteiger partial charge in [-0.15, -0.1) is 10.2 Å². The summed E-state index contributed by atoms with van der Waals surface area (Å²) < 4.78 is 0. The minimum Gasteiger partial charge on any atom is -0.331 e. The van der Waals surface area contributed by atoms with Crippen molar-refractivity contribution >= 4 is 17.3 Å². The Morgan fingerprint density at radius 3 is 2.86 bits per heavy atom. The zero-order valence-electron chi connectivity index (χ0n) is 11.6. The van der Waals surface area contributed by atoms with Gasteiger partial charge in [0.25, 0.3) is 0 Å². The summed E-state index contributed by atoms with van der Waals surface area (Å²) in [5.74, 6) is 0.308. The molecular weight excluding hydrogens is 268 g/mol. The van der Waals surface area contributed by atoms with Crippen LogP contribution < -0.4 is 5.32 Å². The number of rotatable bonds is 3. The summed E-state index contributed by atoms with van der Waals surface area (Å²) in [5.41, 5.74) is 1.96. The highest BCUT2D eigenvalue weighted by Crippen LogP contribution is 2.50. The van der Waals surface area contributed by atoms with Gasteiger partial charge in [0.1, 0.15) is 6.07 Å². The number of carbonyl (C=O) groups excluding carboxylic acids is 2. The first-order valence-electron chi connectivity index (χ1n) is 6.94. The lowest BCUT2D eigenvalue weighted by molar-refractivity contribution is -0.125. The van der Waals surface area contributed by atoms with Crippen LogP contribution in [0.25, 0.3) is 5.57 Å². The molecule has 1 fully saturated rings. The van der Waals surface area contributed by atoms with Crippen LogP contribution in [0.4, 0.5) is 0 Å². The maximum absolute atomic E-state index is 11.9. The summed E-state index contributed by atoms with van der Waals surface area (Å²) in [6.07, 6.45) is 3.30. The molecule has 6 heteroatoms. The minimum atomic E-state index is -0.321. The molecule has 1 aliphatic heterocycles. The Morgan fingerprint density at radius 2 is 2.24 bits per heavy atom. The average molecular weight is 282 g/mol. The number of amides is 1. The summed E-state index contributed by atoms with van der Waals surface area (Å²) in [5, 5.41) is 19.6. The third kappa shape index (κ3) is 2.42. The molecule has 21 heavy (non-hydrogen) atoms. The maximum Gasteiger partial charge on any atom is 0.231 e. The van der Waals surface area contributed by atoms with Gasteiger partial charge in [-0.05, 0) is 29.9 Å². The summed E-state index contributed by atoms with van der Waals surface area (Å²) in [6, 6.07) is 3.83. The van der Waals surface area contributed by atoms with Crippen molar-refractivity contribution < 1.29 is 9.59 Å². The van der Waals surface area contributed by atoms with Crippen molar-refractivity contribution in [2.24, 2.45) is 5.92 Å². The van der Waals surface area contributed by atoms with Crippen LogP contribution in [0.2, 0.25) is 0 Å². The fourth-order valence-corrected chi connectivity index (χ4v) is 2.73. The Balaban J connectivity index is 1.98. The predicted molar refractivity (Wildman–Crippen MR) is 73.6 cm³/mol. The van der Waals surface area contributed by atoms with E-state index in [0.29, 0.717) is 28.8 Å². The van der Waals surface area contributed by atoms with E-state index in [1.807, 2.05) is 0 Å². The zero-order chi connectivity index (χ0) is 15.0. The van der Waals surface area contributed by atoms with Gasteiger partial charge in [-0.25, -0.2) is 0 Å². The van der Waals surface area contributed by atoms with Crippen molar-refractivity contribution in [3.05, 3.63) is 29.2 Å². The molecule has 1 aliphatic carbocycles. The van der Waals surface area contributed by atoms with Crippen LogP contribution in [0.15, 0.2) is 12.3 Å². The summed E-state index contributed by atoms with van der Waals surface area (Å²) >= 11 is 0. The minimum absolute atomic E-state index is 0.177. The molecule has 1 amide bonds. The van der Waals surface area contributed by atoms with Gasteiger partial charge in [0, 0.05) is 6.20 Å². The largest absolute Gasteiger partial charge is 0.331 e. The molecular formula is C15H14N4O2. The number of carbonyl (C=O) groups is 2. The third-order valence-corrected chi connectivity index (χ3v) is 4.05. The molecule has 0 saturated heterocycles. The molecule has 0 bridgehead atoms. The molecule has 1 aromatic rings. The molecule has 0 radical (unpaired) electrons. The van der Waals surface area contributed by atoms with Gasteiger partial charge in [0.15, 0.2) is 11.5 Å². The van der Waals surface area contributed by atoms with Gasteiger partial charge in [-0.3, -0.25) is 9.59 Å². The van der Waals surface area contributed by atoms with Gasteiger partial charge < -0.3 is 5.32 Å². The number of nitrogens with zero attached hydrogens (tertiary/aromatic N) is 3. The van der Waals surface area contributed by atoms with Crippen molar-refractivity contribution in [3.8, 4) is 6.07 Å². The quantitative estimate of drug-likeness (QED) is 0.843. The molecule has 6 nitrogen and oxygen atoms in total. The van der Waals surface area contributed by atoms with E-state index in [1.165, 1.54) is 6.20 Å². The fraction of sp³-hybridized carbons (Fsp3) is 0.400. The number of Topliss-reactive ketones (excluding diaryl/α,β-unsaturated/α-hetero) is 1. The Labute approximate surface area is 121 Å². The predicted octanol–water partition coefficient (Wildman–Crippen LogP) is 1.29. The number of hydrogen-bond acceptors (Lipinski definition) is 5. The Kier molecular flexibility index (Phi) is 3.26. The first-order chi connectivity index (χ1) is 10.1. The van der Waals surface area contributed by atoms with E-state index in [-0.39, 0.29) is 18.1 Å². The summed E-state index contributed by atoms with van der Waals surface area (Å²) in [6.45, 7) is 2.12. The summed E-state index contributed by atoms with van der Waals surface area (Å²) in [4.78, 5) is 23.1. The highest BCUT2D eigenvalue weighted by molar-refractivity contribution is 6.27. The second-order valence-electron chi connectivity index (χ2n) is 5.38. The number of nitriles is 1. The molecule has 2 aliphatic rings. The lowest BCUT2D eigenvalue weighted by atomic mass is 9.99. The Morgan fingerprint density at radius 1 is 1.43 bits per heavy atom. The molecule has 106 valence electrons. The van der Waals surface area contributed by atoms with E-state index in [1.54, 1.807) is 6.07 Å². The number of ketones is 1. The van der Waals surface area contributed by atoms with Crippen LogP contribution in [0.1, 0.15) is 49.1 Å². The fourth-order valence-electron chi connectivity index (χ4n) is 2.73. The Hall–Kier alpha value is -2.55. The van der Waals surface area contributed by atoms with E-state index < -0.39 is 0 Å². The van der Waals surface area contributed by atoms with Crippen LogP contribution in [0.5, 0.6) is 0 Å². The van der Waals surface area contributed by atoms with Crippen LogP contribution in [0, 0.1) is 17.2 Å². The van der Waals surface area contributed by atoms with Gasteiger partial charge in [0.2, 0.25) is 5.91 Å². The third-order valence-electron chi connectivity index (χ3n) is 4.05. The number of allylic oxidation sites excluding steroid dienone is 1. The zero-order valence-corrected chi connectivity index (χ0v) is 11.6. The van der Waals surface area contributed by atoms with Gasteiger partial charge in [-0.1, -0.05) is 13.3 Å². The number of aromatic nitrogens is 2. The molecule has 0 unspecified atom stereocenters. The van der Waals surface area contributed by atoms with Crippen LogP contribution in [0.3, 0.4) is 0 Å². The molecule has 1 aromatic heterocycles. The maximum atomic E-state index is 11.9. The van der Waals surface area contributed by atoms with Crippen molar-refractivity contribution in [1.29, 1.82) is 5.26 Å². The number of nitrogens with one attached hydrogen (secondary N) is 1. The smallest absolute Gasteiger partial charge is 0.231 e. The molecule has 1 N–H and O–H groups in total. The average Bonchev–Trinajstić information content (AvgIpc) is 3.26. The lowest BCUT2D eigenvalue weighted by Crippen LogP contribution is -2.27. The van der Waals surface area contributed by atoms with Crippen molar-refractivity contribution in [1.82, 2.24) is 15.5 Å². The Bertz CT molecular complexity index is 702. The van der Waals surface area contributed by atoms with E-state index in [4.69, 9.17) is 5.26 Å². The van der Waals surface area contributed by atoms with Crippen LogP contribution >= 0.6 is 0 Å². The second kappa shape index (κ2) is 5.09. The topological polar surface area (TPSA) is 95.7 Å².